The molecule has 0 bridgehead atoms. The molecule has 2 aromatic rings. The molecule has 2 aromatic heterocycles. The third-order valence-electron chi connectivity index (χ3n) is 2.91. The van der Waals surface area contributed by atoms with Crippen molar-refractivity contribution < 1.29 is 5.11 Å². The van der Waals surface area contributed by atoms with Gasteiger partial charge >= 0.3 is 0 Å². The predicted octanol–water partition coefficient (Wildman–Crippen LogP) is 1.07. The number of nitrogens with one attached hydrogen (secondary N) is 1. The number of hydrogen-bond acceptors (Lipinski definition) is 4. The first-order valence-corrected chi connectivity index (χ1v) is 5.95. The monoisotopic (exact) mass is 244 g/mol. The smallest absolute Gasteiger partial charge is 0.137 e. The summed E-state index contributed by atoms with van der Waals surface area (Å²) >= 11 is 0. The molecule has 0 aliphatic carbocycles. The Labute approximate surface area is 106 Å². The quantitative estimate of drug-likeness (QED) is 0.825. The van der Waals surface area contributed by atoms with Crippen LogP contribution in [0.2, 0.25) is 0 Å². The van der Waals surface area contributed by atoms with E-state index in [1.807, 2.05) is 17.4 Å². The van der Waals surface area contributed by atoms with Crippen molar-refractivity contribution in [1.29, 1.82) is 5.26 Å². The second-order valence-corrected chi connectivity index (χ2v) is 4.30. The number of imidazole rings is 1. The molecule has 1 unspecified atom stereocenters. The van der Waals surface area contributed by atoms with Gasteiger partial charge in [-0.25, -0.2) is 4.98 Å². The van der Waals surface area contributed by atoms with E-state index in [-0.39, 0.29) is 12.6 Å². The lowest BCUT2D eigenvalue weighted by Gasteiger charge is -2.11. The summed E-state index contributed by atoms with van der Waals surface area (Å²) in [4.78, 5) is 4.28. The SMILES string of the molecule is CC(CCO)NCc1cnc2ccc(C#N)cn12. The average molecular weight is 244 g/mol. The maximum absolute atomic E-state index is 8.89. The van der Waals surface area contributed by atoms with Crippen LogP contribution in [-0.4, -0.2) is 27.1 Å². The summed E-state index contributed by atoms with van der Waals surface area (Å²) in [6.45, 7) is 2.87. The third kappa shape index (κ3) is 2.67. The normalized spacial score (nSPS) is 12.5. The molecule has 0 saturated carbocycles. The summed E-state index contributed by atoms with van der Waals surface area (Å²) in [7, 11) is 0. The van der Waals surface area contributed by atoms with Gasteiger partial charge in [0.2, 0.25) is 0 Å². The van der Waals surface area contributed by atoms with Gasteiger partial charge in [0.15, 0.2) is 0 Å². The van der Waals surface area contributed by atoms with Gasteiger partial charge in [0, 0.05) is 25.4 Å². The van der Waals surface area contributed by atoms with Crippen LogP contribution in [0.3, 0.4) is 0 Å². The molecule has 5 heteroatoms. The van der Waals surface area contributed by atoms with E-state index in [1.165, 1.54) is 0 Å². The molecule has 94 valence electrons. The molecule has 2 heterocycles. The zero-order valence-corrected chi connectivity index (χ0v) is 10.3. The summed E-state index contributed by atoms with van der Waals surface area (Å²) in [6.07, 6.45) is 4.31. The van der Waals surface area contributed by atoms with E-state index in [0.29, 0.717) is 12.1 Å². The minimum Gasteiger partial charge on any atom is -0.396 e. The highest BCUT2D eigenvalue weighted by molar-refractivity contribution is 5.44. The lowest BCUT2D eigenvalue weighted by molar-refractivity contribution is 0.268. The van der Waals surface area contributed by atoms with Crippen molar-refractivity contribution >= 4 is 5.65 Å². The molecule has 0 aliphatic heterocycles. The number of aliphatic hydroxyl groups is 1. The molecule has 0 spiro atoms. The summed E-state index contributed by atoms with van der Waals surface area (Å²) in [5.74, 6) is 0. The Kier molecular flexibility index (Phi) is 3.92. The van der Waals surface area contributed by atoms with Crippen molar-refractivity contribution in [1.82, 2.24) is 14.7 Å². The molecule has 0 saturated heterocycles. The molecule has 2 N–H and O–H groups in total. The van der Waals surface area contributed by atoms with E-state index >= 15 is 0 Å². The Balaban J connectivity index is 2.16. The van der Waals surface area contributed by atoms with Gasteiger partial charge in [-0.2, -0.15) is 5.26 Å². The number of nitriles is 1. The van der Waals surface area contributed by atoms with E-state index in [9.17, 15) is 0 Å². The first-order valence-electron chi connectivity index (χ1n) is 5.95. The van der Waals surface area contributed by atoms with Gasteiger partial charge in [-0.15, -0.1) is 0 Å². The molecular weight excluding hydrogens is 228 g/mol. The average Bonchev–Trinajstić information content (AvgIpc) is 2.79. The highest BCUT2D eigenvalue weighted by Crippen LogP contribution is 2.09. The van der Waals surface area contributed by atoms with E-state index in [0.717, 1.165) is 17.8 Å². The Morgan fingerprint density at radius 1 is 1.56 bits per heavy atom. The molecule has 0 aromatic carbocycles. The summed E-state index contributed by atoms with van der Waals surface area (Å²) in [5, 5.41) is 21.0. The topological polar surface area (TPSA) is 73.3 Å². The lowest BCUT2D eigenvalue weighted by atomic mass is 10.2. The number of pyridine rings is 1. The lowest BCUT2D eigenvalue weighted by Crippen LogP contribution is -2.26. The van der Waals surface area contributed by atoms with Crippen molar-refractivity contribution in [3.8, 4) is 6.07 Å². The minimum atomic E-state index is 0.180. The molecule has 5 nitrogen and oxygen atoms in total. The van der Waals surface area contributed by atoms with Crippen LogP contribution >= 0.6 is 0 Å². The van der Waals surface area contributed by atoms with E-state index in [4.69, 9.17) is 10.4 Å². The molecule has 2 rings (SSSR count). The molecule has 0 fully saturated rings. The van der Waals surface area contributed by atoms with Crippen LogP contribution in [0.15, 0.2) is 24.5 Å². The van der Waals surface area contributed by atoms with Gasteiger partial charge in [-0.1, -0.05) is 0 Å². The van der Waals surface area contributed by atoms with E-state index in [1.54, 1.807) is 18.5 Å². The summed E-state index contributed by atoms with van der Waals surface area (Å²) in [5.41, 5.74) is 2.46. The Morgan fingerprint density at radius 3 is 3.11 bits per heavy atom. The van der Waals surface area contributed by atoms with Crippen LogP contribution in [0, 0.1) is 11.3 Å². The van der Waals surface area contributed by atoms with Crippen molar-refractivity contribution in [2.45, 2.75) is 25.9 Å². The van der Waals surface area contributed by atoms with Gasteiger partial charge < -0.3 is 14.8 Å². The predicted molar refractivity (Wildman–Crippen MR) is 67.9 cm³/mol. The van der Waals surface area contributed by atoms with E-state index < -0.39 is 0 Å². The third-order valence-corrected chi connectivity index (χ3v) is 2.91. The van der Waals surface area contributed by atoms with Gasteiger partial charge in [0.1, 0.15) is 11.7 Å². The van der Waals surface area contributed by atoms with Crippen LogP contribution in [0.5, 0.6) is 0 Å². The number of aromatic nitrogens is 2. The first kappa shape index (κ1) is 12.6. The van der Waals surface area contributed by atoms with Crippen LogP contribution in [0.4, 0.5) is 0 Å². The zero-order valence-electron chi connectivity index (χ0n) is 10.3. The number of rotatable bonds is 5. The highest BCUT2D eigenvalue weighted by Gasteiger charge is 2.06. The van der Waals surface area contributed by atoms with Crippen LogP contribution < -0.4 is 5.32 Å². The Bertz CT molecular complexity index is 570. The molecule has 0 amide bonds. The molecule has 18 heavy (non-hydrogen) atoms. The highest BCUT2D eigenvalue weighted by atomic mass is 16.3. The molecule has 0 aliphatic rings. The second kappa shape index (κ2) is 5.63. The van der Waals surface area contributed by atoms with Gasteiger partial charge in [0.25, 0.3) is 0 Å². The number of hydrogen-bond donors (Lipinski definition) is 2. The Hall–Kier alpha value is -1.90. The fraction of sp³-hybridized carbons (Fsp3) is 0.385. The number of aliphatic hydroxyl groups excluding tert-OH is 1. The zero-order chi connectivity index (χ0) is 13.0. The van der Waals surface area contributed by atoms with E-state index in [2.05, 4.69) is 16.4 Å². The standard InChI is InChI=1S/C13H16N4O/c1-10(4-5-18)15-7-12-8-16-13-3-2-11(6-14)9-17(12)13/h2-3,8-10,15,18H,4-5,7H2,1H3. The maximum atomic E-state index is 8.89. The van der Waals surface area contributed by atoms with Gasteiger partial charge in [0.05, 0.1) is 17.5 Å². The maximum Gasteiger partial charge on any atom is 0.137 e. The molecule has 1 atom stereocenters. The van der Waals surface area contributed by atoms with Gasteiger partial charge in [-0.3, -0.25) is 0 Å². The first-order chi connectivity index (χ1) is 8.74. The van der Waals surface area contributed by atoms with Crippen LogP contribution in [0.25, 0.3) is 5.65 Å². The molecule has 0 radical (unpaired) electrons. The van der Waals surface area contributed by atoms with Gasteiger partial charge in [-0.05, 0) is 25.5 Å². The van der Waals surface area contributed by atoms with Crippen molar-refractivity contribution in [2.24, 2.45) is 0 Å². The van der Waals surface area contributed by atoms with Crippen molar-refractivity contribution in [2.75, 3.05) is 6.61 Å². The second-order valence-electron chi connectivity index (χ2n) is 4.30. The summed E-state index contributed by atoms with van der Waals surface area (Å²) < 4.78 is 1.91. The largest absolute Gasteiger partial charge is 0.396 e. The van der Waals surface area contributed by atoms with Crippen molar-refractivity contribution in [3.05, 3.63) is 35.8 Å². The minimum absolute atomic E-state index is 0.180. The summed E-state index contributed by atoms with van der Waals surface area (Å²) in [6, 6.07) is 5.96. The van der Waals surface area contributed by atoms with Crippen molar-refractivity contribution in [3.63, 3.8) is 0 Å². The van der Waals surface area contributed by atoms with Crippen LogP contribution in [-0.2, 0) is 6.54 Å². The fourth-order valence-corrected chi connectivity index (χ4v) is 1.80. The molecular formula is C13H16N4O. The Morgan fingerprint density at radius 2 is 2.39 bits per heavy atom. The van der Waals surface area contributed by atoms with Crippen LogP contribution in [0.1, 0.15) is 24.6 Å². The fourth-order valence-electron chi connectivity index (χ4n) is 1.80. The number of fused-ring (bicyclic) bond motifs is 1. The number of nitrogens with zero attached hydrogens (tertiary/aromatic N) is 3.